The highest BCUT2D eigenvalue weighted by Gasteiger charge is 2.44. The summed E-state index contributed by atoms with van der Waals surface area (Å²) in [7, 11) is -3.35. The van der Waals surface area contributed by atoms with Gasteiger partial charge in [0.2, 0.25) is 0 Å². The summed E-state index contributed by atoms with van der Waals surface area (Å²) in [6.07, 6.45) is -4.85. The van der Waals surface area contributed by atoms with Crippen LogP contribution >= 0.6 is 31.9 Å². The number of nitro groups is 1. The molecule has 0 amide bonds. The minimum atomic E-state index is -4.85. The molecule has 0 radical (unpaired) electrons. The highest BCUT2D eigenvalue weighted by molar-refractivity contribution is 9.09. The van der Waals surface area contributed by atoms with E-state index in [1.54, 1.807) is 0 Å². The summed E-state index contributed by atoms with van der Waals surface area (Å²) in [6.45, 7) is 3.44. The maximum absolute atomic E-state index is 14.1. The van der Waals surface area contributed by atoms with E-state index < -0.39 is 32.1 Å². The zero-order valence-corrected chi connectivity index (χ0v) is 20.3. The summed E-state index contributed by atoms with van der Waals surface area (Å²) in [6, 6.07) is 1.50. The lowest BCUT2D eigenvalue weighted by atomic mass is 10.1. The minimum Gasteiger partial charge on any atom is -0.379 e. The Balaban J connectivity index is 2.09. The first-order valence-corrected chi connectivity index (χ1v) is 13.2. The van der Waals surface area contributed by atoms with Crippen LogP contribution in [0.15, 0.2) is 17.0 Å². The molecule has 2 aliphatic rings. The number of anilines is 1. The number of nitrogens with one attached hydrogen (secondary N) is 1. The van der Waals surface area contributed by atoms with Crippen LogP contribution in [-0.4, -0.2) is 75.6 Å². The van der Waals surface area contributed by atoms with Crippen molar-refractivity contribution in [3.63, 3.8) is 0 Å². The van der Waals surface area contributed by atoms with Crippen LogP contribution in [0.25, 0.3) is 0 Å². The largest absolute Gasteiger partial charge is 0.418 e. The van der Waals surface area contributed by atoms with Gasteiger partial charge in [0, 0.05) is 50.2 Å². The molecular weight excluding hydrogens is 573 g/mol. The molecule has 2 aliphatic heterocycles. The molecule has 1 fully saturated rings. The summed E-state index contributed by atoms with van der Waals surface area (Å²) in [5, 5.41) is 11.7. The Kier molecular flexibility index (Phi) is 7.90. The van der Waals surface area contributed by atoms with Crippen LogP contribution in [0.5, 0.6) is 0 Å². The number of benzene rings is 1. The molecule has 0 aliphatic carbocycles. The topological polar surface area (TPSA) is 87.9 Å². The Bertz CT molecular complexity index is 963. The molecule has 1 N–H and O–H groups in total. The van der Waals surface area contributed by atoms with E-state index in [0.717, 1.165) is 6.07 Å². The molecule has 8 nitrogen and oxygen atoms in total. The second-order valence-corrected chi connectivity index (χ2v) is 10.5. The van der Waals surface area contributed by atoms with E-state index in [1.807, 2.05) is 0 Å². The zero-order chi connectivity index (χ0) is 22.8. The van der Waals surface area contributed by atoms with Crippen molar-refractivity contribution < 1.29 is 27.0 Å². The number of ether oxygens (including phenoxy) is 1. The van der Waals surface area contributed by atoms with E-state index in [9.17, 15) is 27.5 Å². The molecule has 1 atom stereocenters. The lowest BCUT2D eigenvalue weighted by Crippen LogP contribution is -2.43. The molecule has 0 saturated carbocycles. The highest BCUT2D eigenvalue weighted by Crippen LogP contribution is 2.46. The molecule has 0 spiro atoms. The molecule has 1 unspecified atom stereocenters. The Morgan fingerprint density at radius 3 is 2.45 bits per heavy atom. The van der Waals surface area contributed by atoms with E-state index in [-0.39, 0.29) is 34.0 Å². The Hall–Kier alpha value is -0.930. The molecule has 2 heterocycles. The Labute approximate surface area is 194 Å². The molecular formula is C17H21Br2F3N4O4S. The fraction of sp³-hybridized carbons (Fsp3) is 0.588. The first-order valence-electron chi connectivity index (χ1n) is 9.37. The third-order valence-corrected chi connectivity index (χ3v) is 8.87. The fourth-order valence-corrected chi connectivity index (χ4v) is 7.63. The van der Waals surface area contributed by atoms with Gasteiger partial charge in [-0.1, -0.05) is 31.9 Å². The predicted octanol–water partition coefficient (Wildman–Crippen LogP) is 2.83. The van der Waals surface area contributed by atoms with Gasteiger partial charge in [0.05, 0.1) is 49.3 Å². The van der Waals surface area contributed by atoms with Crippen molar-refractivity contribution in [1.82, 2.24) is 9.62 Å². The van der Waals surface area contributed by atoms with Gasteiger partial charge >= 0.3 is 6.18 Å². The van der Waals surface area contributed by atoms with Gasteiger partial charge < -0.3 is 9.64 Å². The van der Waals surface area contributed by atoms with Crippen molar-refractivity contribution in [3.05, 3.63) is 27.8 Å². The lowest BCUT2D eigenvalue weighted by molar-refractivity contribution is -0.385. The van der Waals surface area contributed by atoms with Crippen molar-refractivity contribution >= 4 is 57.9 Å². The zero-order valence-electron chi connectivity index (χ0n) is 16.3. The minimum absolute atomic E-state index is 0.0448. The average Bonchev–Trinajstić information content (AvgIpc) is 2.95. The molecule has 14 heteroatoms. The van der Waals surface area contributed by atoms with Gasteiger partial charge in [-0.3, -0.25) is 15.0 Å². The van der Waals surface area contributed by atoms with Crippen molar-refractivity contribution in [2.45, 2.75) is 11.1 Å². The summed E-state index contributed by atoms with van der Waals surface area (Å²) in [4.78, 5) is 13.9. The first-order chi connectivity index (χ1) is 14.6. The quantitative estimate of drug-likeness (QED) is 0.216. The summed E-state index contributed by atoms with van der Waals surface area (Å²) in [5.41, 5.74) is -2.21. The van der Waals surface area contributed by atoms with Crippen LogP contribution in [0.1, 0.15) is 5.56 Å². The SMILES string of the molecule is O=[N+]([O-])c1cc(C(F)(F)F)c2c(c1)S(=O)(NCCN1CCOCC1)=C(CBr)N2CCBr. The molecule has 1 aromatic carbocycles. The van der Waals surface area contributed by atoms with Gasteiger partial charge in [0.15, 0.2) is 0 Å². The van der Waals surface area contributed by atoms with Gasteiger partial charge in [0.25, 0.3) is 5.69 Å². The number of nitrogens with zero attached hydrogens (tertiary/aromatic N) is 3. The van der Waals surface area contributed by atoms with Gasteiger partial charge in [-0.15, -0.1) is 0 Å². The van der Waals surface area contributed by atoms with Crippen molar-refractivity contribution in [1.29, 1.82) is 0 Å². The second-order valence-electron chi connectivity index (χ2n) is 6.87. The lowest BCUT2D eigenvalue weighted by Gasteiger charge is -2.27. The number of hydrogen-bond donors (Lipinski definition) is 1. The van der Waals surface area contributed by atoms with E-state index in [1.165, 1.54) is 4.90 Å². The van der Waals surface area contributed by atoms with Crippen LogP contribution in [0.2, 0.25) is 0 Å². The summed E-state index contributed by atoms with van der Waals surface area (Å²) >= 11 is 6.49. The van der Waals surface area contributed by atoms with Gasteiger partial charge in [-0.05, 0) is 0 Å². The van der Waals surface area contributed by atoms with Crippen molar-refractivity contribution in [2.75, 3.05) is 61.5 Å². The van der Waals surface area contributed by atoms with Gasteiger partial charge in [0.1, 0.15) is 4.99 Å². The van der Waals surface area contributed by atoms with Crippen molar-refractivity contribution in [3.8, 4) is 0 Å². The molecule has 1 aromatic rings. The van der Waals surface area contributed by atoms with Crippen LogP contribution in [0.3, 0.4) is 0 Å². The molecule has 174 valence electrons. The number of nitro benzene ring substituents is 1. The standard InChI is InChI=1S/C17H21Br2F3N4O4S/c18-1-3-25-15(11-19)31(29,23-2-4-24-5-7-30-8-6-24)14-10-12(26(27)28)9-13(16(14)25)17(20,21)22/h9-10H,1-8,11H2,(H,23,29). The second kappa shape index (κ2) is 9.91. The fourth-order valence-electron chi connectivity index (χ4n) is 3.62. The molecule has 3 rings (SSSR count). The monoisotopic (exact) mass is 592 g/mol. The normalized spacial score (nSPS) is 22.1. The number of fused-ring (bicyclic) bond motifs is 1. The van der Waals surface area contributed by atoms with E-state index in [2.05, 4.69) is 41.5 Å². The van der Waals surface area contributed by atoms with E-state index in [4.69, 9.17) is 4.74 Å². The van der Waals surface area contributed by atoms with Gasteiger partial charge in [-0.25, -0.2) is 8.93 Å². The summed E-state index contributed by atoms with van der Waals surface area (Å²) < 4.78 is 63.9. The third-order valence-electron chi connectivity index (χ3n) is 5.05. The van der Waals surface area contributed by atoms with Crippen LogP contribution in [0, 0.1) is 10.1 Å². The van der Waals surface area contributed by atoms with Gasteiger partial charge in [-0.2, -0.15) is 13.2 Å². The highest BCUT2D eigenvalue weighted by atomic mass is 79.9. The number of rotatable bonds is 8. The number of hydrogen-bond acceptors (Lipinski definition) is 6. The number of halogens is 5. The number of alkyl halides is 5. The molecule has 0 bridgehead atoms. The van der Waals surface area contributed by atoms with Crippen LogP contribution < -0.4 is 9.62 Å². The summed E-state index contributed by atoms with van der Waals surface area (Å²) in [5.74, 6) is 0. The molecule has 0 aromatic heterocycles. The molecule has 31 heavy (non-hydrogen) atoms. The third kappa shape index (κ3) is 5.03. The predicted molar refractivity (Wildman–Crippen MR) is 120 cm³/mol. The average molecular weight is 594 g/mol. The smallest absolute Gasteiger partial charge is 0.379 e. The first kappa shape index (κ1) is 24.7. The van der Waals surface area contributed by atoms with E-state index in [0.29, 0.717) is 44.2 Å². The Morgan fingerprint density at radius 2 is 1.90 bits per heavy atom. The Morgan fingerprint density at radius 1 is 1.23 bits per heavy atom. The number of non-ortho nitro benzene ring substituents is 1. The van der Waals surface area contributed by atoms with Crippen LogP contribution in [0.4, 0.5) is 24.5 Å². The van der Waals surface area contributed by atoms with E-state index >= 15 is 0 Å². The van der Waals surface area contributed by atoms with Crippen LogP contribution in [-0.2, 0) is 20.6 Å². The maximum Gasteiger partial charge on any atom is 0.418 e. The van der Waals surface area contributed by atoms with Crippen molar-refractivity contribution in [2.24, 2.45) is 0 Å². The molecule has 1 saturated heterocycles. The number of morpholine rings is 1. The maximum atomic E-state index is 14.1.